The number of rotatable bonds is 4. The number of pyridine rings is 1. The van der Waals surface area contributed by atoms with E-state index in [2.05, 4.69) is 105 Å². The van der Waals surface area contributed by atoms with E-state index in [-0.39, 0.29) is 16.4 Å². The molecule has 5 aromatic rings. The van der Waals surface area contributed by atoms with Crippen LogP contribution in [0.5, 0.6) is 0 Å². The summed E-state index contributed by atoms with van der Waals surface area (Å²) in [4.78, 5) is 7.22. The van der Waals surface area contributed by atoms with E-state index >= 15 is 0 Å². The molecule has 0 atom stereocenters. The van der Waals surface area contributed by atoms with Gasteiger partial charge in [0.15, 0.2) is 5.76 Å². The van der Waals surface area contributed by atoms with Gasteiger partial charge in [0.25, 0.3) is 0 Å². The summed E-state index contributed by atoms with van der Waals surface area (Å²) < 4.78 is 6.14. The minimum atomic E-state index is -0.382. The lowest BCUT2D eigenvalue weighted by molar-refractivity contribution is 0.567. The van der Waals surface area contributed by atoms with Crippen molar-refractivity contribution < 1.29 is 4.42 Å². The van der Waals surface area contributed by atoms with Gasteiger partial charge in [0.05, 0.1) is 11.9 Å². The highest BCUT2D eigenvalue weighted by molar-refractivity contribution is 5.86. The van der Waals surface area contributed by atoms with Gasteiger partial charge in [-0.15, -0.1) is 0 Å². The average molecular weight is 545 g/mol. The summed E-state index contributed by atoms with van der Waals surface area (Å²) in [6.45, 7) is 8.91. The first-order valence-electron chi connectivity index (χ1n) is 14.0. The quantitative estimate of drug-likeness (QED) is 0.211. The highest BCUT2D eigenvalue weighted by Gasteiger charge is 2.41. The van der Waals surface area contributed by atoms with Crippen LogP contribution in [0.3, 0.4) is 0 Å². The van der Waals surface area contributed by atoms with Gasteiger partial charge in [-0.2, -0.15) is 10.5 Å². The SMILES string of the molecule is CC1(C)c2ccccc2-c2ccc(N(c3ccccc3)c3cnc4c(c3)C(C)(C)c3cc(C=C(C#N)C#N)oc3-4)cc21. The van der Waals surface area contributed by atoms with E-state index in [1.807, 2.05) is 30.5 Å². The van der Waals surface area contributed by atoms with Crippen molar-refractivity contribution in [2.45, 2.75) is 38.5 Å². The van der Waals surface area contributed by atoms with Gasteiger partial charge in [-0.1, -0.05) is 76.2 Å². The Kier molecular flexibility index (Phi) is 5.52. The molecule has 0 bridgehead atoms. The molecule has 0 fully saturated rings. The third-order valence-corrected chi connectivity index (χ3v) is 8.81. The number of allylic oxidation sites excluding steroid dienone is 1. The average Bonchev–Trinajstić information content (AvgIpc) is 3.60. The fourth-order valence-corrected chi connectivity index (χ4v) is 6.59. The van der Waals surface area contributed by atoms with Crippen molar-refractivity contribution in [2.75, 3.05) is 4.90 Å². The van der Waals surface area contributed by atoms with Crippen molar-refractivity contribution in [1.29, 1.82) is 10.5 Å². The maximum atomic E-state index is 9.19. The Hall–Kier alpha value is -5.39. The molecule has 0 saturated carbocycles. The number of aromatic nitrogens is 1. The standard InChI is InChI=1S/C37H28N4O/c1-36(2)30-13-9-8-12-28(30)29-15-14-25(17-31(29)36)41(24-10-6-5-7-11-24)26-18-32-34(40-22-26)35-33(37(32,3)4)19-27(42-35)16-23(20-38)21-39/h5-19,22H,1-4H3. The first-order valence-corrected chi connectivity index (χ1v) is 14.0. The van der Waals surface area contributed by atoms with E-state index in [0.717, 1.165) is 33.9 Å². The van der Waals surface area contributed by atoms with Crippen molar-refractivity contribution in [3.63, 3.8) is 0 Å². The summed E-state index contributed by atoms with van der Waals surface area (Å²) in [5, 5.41) is 18.4. The van der Waals surface area contributed by atoms with E-state index in [4.69, 9.17) is 9.40 Å². The van der Waals surface area contributed by atoms with Gasteiger partial charge in [-0.05, 0) is 64.2 Å². The maximum absolute atomic E-state index is 9.19. The molecule has 3 aromatic carbocycles. The summed E-state index contributed by atoms with van der Waals surface area (Å²) in [6.07, 6.45) is 3.38. The summed E-state index contributed by atoms with van der Waals surface area (Å²) in [5.41, 5.74) is 10.7. The molecule has 0 spiro atoms. The first-order chi connectivity index (χ1) is 20.2. The predicted octanol–water partition coefficient (Wildman–Crippen LogP) is 9.19. The third kappa shape index (κ3) is 3.64. The van der Waals surface area contributed by atoms with Crippen molar-refractivity contribution in [2.24, 2.45) is 0 Å². The van der Waals surface area contributed by atoms with Crippen molar-refractivity contribution >= 4 is 23.1 Å². The third-order valence-electron chi connectivity index (χ3n) is 8.81. The lowest BCUT2D eigenvalue weighted by Crippen LogP contribution is -2.18. The molecular formula is C37H28N4O. The van der Waals surface area contributed by atoms with Crippen LogP contribution in [-0.4, -0.2) is 4.98 Å². The number of nitrogens with zero attached hydrogens (tertiary/aromatic N) is 4. The van der Waals surface area contributed by atoms with Crippen LogP contribution >= 0.6 is 0 Å². The molecule has 2 aromatic heterocycles. The molecule has 0 radical (unpaired) electrons. The second-order valence-corrected chi connectivity index (χ2v) is 12.0. The molecule has 0 saturated heterocycles. The molecule has 0 N–H and O–H groups in total. The van der Waals surface area contributed by atoms with Crippen molar-refractivity contribution in [1.82, 2.24) is 4.98 Å². The molecule has 2 aliphatic rings. The molecule has 0 aliphatic heterocycles. The fraction of sp³-hybridized carbons (Fsp3) is 0.162. The largest absolute Gasteiger partial charge is 0.455 e. The van der Waals surface area contributed by atoms with Gasteiger partial charge in [0.1, 0.15) is 29.2 Å². The highest BCUT2D eigenvalue weighted by atomic mass is 16.3. The van der Waals surface area contributed by atoms with Crippen LogP contribution in [0.4, 0.5) is 17.1 Å². The van der Waals surface area contributed by atoms with E-state index in [9.17, 15) is 10.5 Å². The van der Waals surface area contributed by atoms with Crippen LogP contribution < -0.4 is 4.90 Å². The van der Waals surface area contributed by atoms with E-state index in [0.29, 0.717) is 11.5 Å². The number of fused-ring (bicyclic) bond motifs is 6. The lowest BCUT2D eigenvalue weighted by Gasteiger charge is -2.29. The van der Waals surface area contributed by atoms with Gasteiger partial charge in [0, 0.05) is 33.8 Å². The first kappa shape index (κ1) is 25.6. The van der Waals surface area contributed by atoms with Crippen LogP contribution in [0, 0.1) is 22.7 Å². The summed E-state index contributed by atoms with van der Waals surface area (Å²) in [5.74, 6) is 1.17. The second kappa shape index (κ2) is 9.06. The normalized spacial score (nSPS) is 14.5. The Morgan fingerprint density at radius 1 is 0.714 bits per heavy atom. The van der Waals surface area contributed by atoms with Gasteiger partial charge in [-0.3, -0.25) is 4.98 Å². The number of nitriles is 2. The van der Waals surface area contributed by atoms with Crippen LogP contribution in [0.1, 0.15) is 55.7 Å². The number of furan rings is 1. The Balaban J connectivity index is 1.36. The number of para-hydroxylation sites is 1. The number of anilines is 3. The zero-order valence-corrected chi connectivity index (χ0v) is 23.9. The Morgan fingerprint density at radius 2 is 1.38 bits per heavy atom. The number of benzene rings is 3. The molecule has 42 heavy (non-hydrogen) atoms. The number of hydrogen-bond acceptors (Lipinski definition) is 5. The second-order valence-electron chi connectivity index (χ2n) is 12.0. The Bertz CT molecular complexity index is 2000. The predicted molar refractivity (Wildman–Crippen MR) is 166 cm³/mol. The molecule has 5 nitrogen and oxygen atoms in total. The van der Waals surface area contributed by atoms with E-state index < -0.39 is 0 Å². The van der Waals surface area contributed by atoms with Gasteiger partial charge in [0.2, 0.25) is 0 Å². The van der Waals surface area contributed by atoms with Crippen molar-refractivity contribution in [3.05, 3.63) is 125 Å². The monoisotopic (exact) mass is 544 g/mol. The molecule has 5 heteroatoms. The molecule has 0 unspecified atom stereocenters. The zero-order valence-electron chi connectivity index (χ0n) is 23.9. The summed E-state index contributed by atoms with van der Waals surface area (Å²) >= 11 is 0. The van der Waals surface area contributed by atoms with Gasteiger partial charge in [-0.25, -0.2) is 0 Å². The molecular weight excluding hydrogens is 516 g/mol. The molecule has 2 heterocycles. The van der Waals surface area contributed by atoms with E-state index in [1.165, 1.54) is 28.3 Å². The van der Waals surface area contributed by atoms with Gasteiger partial charge >= 0.3 is 0 Å². The number of hydrogen-bond donors (Lipinski definition) is 0. The zero-order chi connectivity index (χ0) is 29.2. The summed E-state index contributed by atoms with van der Waals surface area (Å²) in [7, 11) is 0. The topological polar surface area (TPSA) is 76.8 Å². The Morgan fingerprint density at radius 3 is 2.14 bits per heavy atom. The van der Waals surface area contributed by atoms with Crippen LogP contribution in [0.15, 0.2) is 101 Å². The van der Waals surface area contributed by atoms with Gasteiger partial charge < -0.3 is 9.32 Å². The summed E-state index contributed by atoms with van der Waals surface area (Å²) in [6, 6.07) is 33.8. The van der Waals surface area contributed by atoms with Crippen LogP contribution in [0.25, 0.3) is 28.7 Å². The molecule has 2 aliphatic carbocycles. The minimum absolute atomic E-state index is 0.00267. The smallest absolute Gasteiger partial charge is 0.157 e. The van der Waals surface area contributed by atoms with Crippen molar-refractivity contribution in [3.8, 4) is 34.7 Å². The highest BCUT2D eigenvalue weighted by Crippen LogP contribution is 2.53. The molecule has 7 rings (SSSR count). The van der Waals surface area contributed by atoms with Crippen LogP contribution in [-0.2, 0) is 10.8 Å². The molecule has 202 valence electrons. The fourth-order valence-electron chi connectivity index (χ4n) is 6.59. The molecule has 0 amide bonds. The van der Waals surface area contributed by atoms with Crippen LogP contribution in [0.2, 0.25) is 0 Å². The minimum Gasteiger partial charge on any atom is -0.455 e. The maximum Gasteiger partial charge on any atom is 0.157 e. The lowest BCUT2D eigenvalue weighted by atomic mass is 9.82. The van der Waals surface area contributed by atoms with E-state index in [1.54, 1.807) is 0 Å². The Labute approximate surface area is 245 Å².